The lowest BCUT2D eigenvalue weighted by Crippen LogP contribution is -2.25. The van der Waals surface area contributed by atoms with Crippen molar-refractivity contribution >= 4 is 5.91 Å². The molecule has 0 fully saturated rings. The van der Waals surface area contributed by atoms with Crippen LogP contribution in [0.2, 0.25) is 0 Å². The molecule has 3 aromatic rings. The zero-order valence-corrected chi connectivity index (χ0v) is 20.7. The van der Waals surface area contributed by atoms with Gasteiger partial charge in [-0.2, -0.15) is 0 Å². The summed E-state index contributed by atoms with van der Waals surface area (Å²) in [5.74, 6) is -0.232. The Labute approximate surface area is 205 Å². The Bertz CT molecular complexity index is 1110. The highest BCUT2D eigenvalue weighted by Gasteiger charge is 2.26. The Morgan fingerprint density at radius 1 is 1.11 bits per heavy atom. The van der Waals surface area contributed by atoms with E-state index in [2.05, 4.69) is 20.3 Å². The van der Waals surface area contributed by atoms with Gasteiger partial charge in [0.25, 0.3) is 5.91 Å². The van der Waals surface area contributed by atoms with E-state index in [1.807, 2.05) is 32.3 Å². The van der Waals surface area contributed by atoms with Gasteiger partial charge in [0, 0.05) is 18.3 Å². The van der Waals surface area contributed by atoms with E-state index in [4.69, 9.17) is 0 Å². The number of nitrogens with zero attached hydrogens (tertiary/aromatic N) is 4. The summed E-state index contributed by atoms with van der Waals surface area (Å²) in [5, 5.41) is 23.2. The average Bonchev–Trinajstić information content (AvgIpc) is 3.22. The Balaban J connectivity index is 1.93. The summed E-state index contributed by atoms with van der Waals surface area (Å²) >= 11 is 0. The van der Waals surface area contributed by atoms with E-state index in [9.17, 15) is 19.4 Å². The summed E-state index contributed by atoms with van der Waals surface area (Å²) in [7, 11) is 0. The van der Waals surface area contributed by atoms with Crippen LogP contribution in [0.25, 0.3) is 11.4 Å². The highest BCUT2D eigenvalue weighted by Crippen LogP contribution is 2.29. The second-order valence-corrected chi connectivity index (χ2v) is 9.05. The number of imidazole rings is 1. The molecule has 0 radical (unpaired) electrons. The van der Waals surface area contributed by atoms with Crippen LogP contribution in [-0.2, 0) is 13.1 Å². The fraction of sp³-hybridized carbons (Fsp3) is 0.462. The van der Waals surface area contributed by atoms with Crippen molar-refractivity contribution in [2.45, 2.75) is 78.2 Å². The first kappa shape index (κ1) is 26.4. The molecule has 0 aliphatic carbocycles. The van der Waals surface area contributed by atoms with Crippen LogP contribution in [0, 0.1) is 12.7 Å². The third kappa shape index (κ3) is 6.93. The molecule has 188 valence electrons. The SMILES string of the molecule is CCC(O)CC(O)CCn1c(-c2ccc(F)cc2)nc(C(=O)NCc2cnc(C)cn2)c1C(C)C. The highest BCUT2D eigenvalue weighted by atomic mass is 19.1. The number of aromatic nitrogens is 4. The van der Waals surface area contributed by atoms with Gasteiger partial charge < -0.3 is 20.1 Å². The van der Waals surface area contributed by atoms with E-state index in [1.165, 1.54) is 12.1 Å². The van der Waals surface area contributed by atoms with Gasteiger partial charge in [0.1, 0.15) is 17.3 Å². The number of carbonyl (C=O) groups excluding carboxylic acids is 1. The minimum atomic E-state index is -0.703. The number of hydrogen-bond donors (Lipinski definition) is 3. The van der Waals surface area contributed by atoms with Crippen LogP contribution in [0.15, 0.2) is 36.7 Å². The first-order valence-corrected chi connectivity index (χ1v) is 12.0. The first-order valence-electron chi connectivity index (χ1n) is 12.0. The van der Waals surface area contributed by atoms with Crippen LogP contribution in [0.4, 0.5) is 4.39 Å². The monoisotopic (exact) mass is 483 g/mol. The zero-order chi connectivity index (χ0) is 25.5. The van der Waals surface area contributed by atoms with E-state index in [1.54, 1.807) is 24.5 Å². The lowest BCUT2D eigenvalue weighted by Gasteiger charge is -2.18. The Kier molecular flexibility index (Phi) is 9.06. The van der Waals surface area contributed by atoms with Gasteiger partial charge in [-0.3, -0.25) is 14.8 Å². The van der Waals surface area contributed by atoms with Gasteiger partial charge in [-0.15, -0.1) is 0 Å². The fourth-order valence-electron chi connectivity index (χ4n) is 3.91. The highest BCUT2D eigenvalue weighted by molar-refractivity contribution is 5.94. The molecular formula is C26H34FN5O3. The molecule has 0 spiro atoms. The molecule has 1 amide bonds. The Hall–Kier alpha value is -3.17. The molecule has 0 saturated carbocycles. The van der Waals surface area contributed by atoms with Gasteiger partial charge >= 0.3 is 0 Å². The fourth-order valence-corrected chi connectivity index (χ4v) is 3.91. The van der Waals surface area contributed by atoms with Gasteiger partial charge in [-0.25, -0.2) is 9.37 Å². The third-order valence-corrected chi connectivity index (χ3v) is 5.84. The van der Waals surface area contributed by atoms with Gasteiger partial charge in [-0.05, 0) is 56.4 Å². The van der Waals surface area contributed by atoms with E-state index < -0.39 is 12.2 Å². The molecule has 0 saturated heterocycles. The van der Waals surface area contributed by atoms with Crippen molar-refractivity contribution in [2.75, 3.05) is 0 Å². The van der Waals surface area contributed by atoms with Gasteiger partial charge in [0.05, 0.1) is 42.0 Å². The molecule has 1 aromatic carbocycles. The predicted molar refractivity (Wildman–Crippen MR) is 131 cm³/mol. The predicted octanol–water partition coefficient (Wildman–Crippen LogP) is 3.75. The lowest BCUT2D eigenvalue weighted by atomic mass is 10.1. The van der Waals surface area contributed by atoms with E-state index >= 15 is 0 Å². The quantitative estimate of drug-likeness (QED) is 0.383. The maximum absolute atomic E-state index is 13.6. The standard InChI is InChI=1S/C26H34FN5O3/c1-5-21(33)12-22(34)10-11-32-24(16(2)3)23(31-25(32)18-6-8-19(27)9-7-18)26(35)30-15-20-14-28-17(4)13-29-20/h6-9,13-14,16,21-22,33-34H,5,10-12,15H2,1-4H3,(H,30,35). The molecule has 2 aromatic heterocycles. The number of halogens is 1. The summed E-state index contributed by atoms with van der Waals surface area (Å²) in [6.07, 6.45) is 3.21. The normalized spacial score (nSPS) is 13.1. The number of carbonyl (C=O) groups is 1. The lowest BCUT2D eigenvalue weighted by molar-refractivity contribution is 0.0711. The van der Waals surface area contributed by atoms with Crippen LogP contribution >= 0.6 is 0 Å². The van der Waals surface area contributed by atoms with Crippen molar-refractivity contribution in [1.29, 1.82) is 0 Å². The van der Waals surface area contributed by atoms with Gasteiger partial charge in [0.15, 0.2) is 0 Å². The number of aliphatic hydroxyl groups excluding tert-OH is 2. The van der Waals surface area contributed by atoms with Crippen molar-refractivity contribution in [1.82, 2.24) is 24.8 Å². The second kappa shape index (κ2) is 12.0. The van der Waals surface area contributed by atoms with E-state index in [0.717, 1.165) is 11.4 Å². The molecule has 35 heavy (non-hydrogen) atoms. The van der Waals surface area contributed by atoms with Gasteiger partial charge in [0.2, 0.25) is 0 Å². The molecule has 0 bridgehead atoms. The van der Waals surface area contributed by atoms with Crippen LogP contribution in [0.1, 0.15) is 73.5 Å². The number of aryl methyl sites for hydroxylation is 1. The largest absolute Gasteiger partial charge is 0.393 e. The Morgan fingerprint density at radius 2 is 1.83 bits per heavy atom. The summed E-state index contributed by atoms with van der Waals surface area (Å²) in [6, 6.07) is 5.95. The molecule has 2 unspecified atom stereocenters. The van der Waals surface area contributed by atoms with Crippen LogP contribution < -0.4 is 5.32 Å². The van der Waals surface area contributed by atoms with Crippen LogP contribution in [-0.4, -0.2) is 47.8 Å². The van der Waals surface area contributed by atoms with Gasteiger partial charge in [-0.1, -0.05) is 20.8 Å². The van der Waals surface area contributed by atoms with Crippen LogP contribution in [0.5, 0.6) is 0 Å². The molecule has 9 heteroatoms. The summed E-state index contributed by atoms with van der Waals surface area (Å²) < 4.78 is 15.5. The summed E-state index contributed by atoms with van der Waals surface area (Å²) in [5.41, 5.74) is 3.09. The van der Waals surface area contributed by atoms with Crippen molar-refractivity contribution in [3.8, 4) is 11.4 Å². The molecule has 8 nitrogen and oxygen atoms in total. The minimum Gasteiger partial charge on any atom is -0.393 e. The van der Waals surface area contributed by atoms with E-state index in [0.29, 0.717) is 36.5 Å². The number of amides is 1. The molecule has 3 rings (SSSR count). The number of nitrogens with one attached hydrogen (secondary N) is 1. The minimum absolute atomic E-state index is 0.0463. The van der Waals surface area contributed by atoms with E-state index in [-0.39, 0.29) is 36.3 Å². The van der Waals surface area contributed by atoms with Crippen molar-refractivity contribution in [3.63, 3.8) is 0 Å². The molecule has 2 heterocycles. The average molecular weight is 484 g/mol. The topological polar surface area (TPSA) is 113 Å². The van der Waals surface area contributed by atoms with Crippen molar-refractivity contribution < 1.29 is 19.4 Å². The molecule has 0 aliphatic heterocycles. The number of rotatable bonds is 11. The zero-order valence-electron chi connectivity index (χ0n) is 20.7. The first-order chi connectivity index (χ1) is 16.7. The number of aliphatic hydroxyl groups is 2. The summed E-state index contributed by atoms with van der Waals surface area (Å²) in [4.78, 5) is 26.4. The molecule has 2 atom stereocenters. The third-order valence-electron chi connectivity index (χ3n) is 5.84. The second-order valence-electron chi connectivity index (χ2n) is 9.05. The van der Waals surface area contributed by atoms with Crippen molar-refractivity contribution in [2.24, 2.45) is 0 Å². The number of hydrogen-bond acceptors (Lipinski definition) is 6. The van der Waals surface area contributed by atoms with Crippen LogP contribution in [0.3, 0.4) is 0 Å². The maximum atomic E-state index is 13.6. The van der Waals surface area contributed by atoms with Crippen molar-refractivity contribution in [3.05, 3.63) is 65.3 Å². The smallest absolute Gasteiger partial charge is 0.272 e. The summed E-state index contributed by atoms with van der Waals surface area (Å²) in [6.45, 7) is 8.25. The molecule has 3 N–H and O–H groups in total. The maximum Gasteiger partial charge on any atom is 0.272 e. The Morgan fingerprint density at radius 3 is 2.43 bits per heavy atom. The number of benzene rings is 1. The molecular weight excluding hydrogens is 449 g/mol. The molecule has 0 aliphatic rings.